The fourth-order valence-electron chi connectivity index (χ4n) is 0.944. The van der Waals surface area contributed by atoms with Crippen LogP contribution in [-0.2, 0) is 27.5 Å². The molecule has 13 heavy (non-hydrogen) atoms. The summed E-state index contributed by atoms with van der Waals surface area (Å²) in [6.07, 6.45) is 0.868. The molecule has 1 aromatic heterocycles. The van der Waals surface area contributed by atoms with E-state index >= 15 is 0 Å². The number of hydrogen-bond acceptors (Lipinski definition) is 4. The van der Waals surface area contributed by atoms with Gasteiger partial charge in [-0.1, -0.05) is 6.92 Å². The fourth-order valence-corrected chi connectivity index (χ4v) is 2.19. The van der Waals surface area contributed by atoms with Crippen molar-refractivity contribution >= 4 is 21.6 Å². The molecule has 0 radical (unpaired) electrons. The molecule has 0 aliphatic heterocycles. The molecule has 0 unspecified atom stereocenters. The van der Waals surface area contributed by atoms with Gasteiger partial charge in [0.2, 0.25) is 0 Å². The van der Waals surface area contributed by atoms with Crippen LogP contribution in [0.1, 0.15) is 17.4 Å². The molecule has 0 saturated carbocycles. The van der Waals surface area contributed by atoms with Gasteiger partial charge in [0, 0.05) is 4.88 Å². The van der Waals surface area contributed by atoms with Crippen LogP contribution in [0, 0.1) is 0 Å². The first-order valence-corrected chi connectivity index (χ1v) is 6.10. The maximum Gasteiger partial charge on any atom is 0.333 e. The van der Waals surface area contributed by atoms with Crippen LogP contribution in [0.5, 0.6) is 0 Å². The van der Waals surface area contributed by atoms with Crippen molar-refractivity contribution in [3.63, 3.8) is 0 Å². The number of nitrogens with two attached hydrogens (primary N) is 1. The van der Waals surface area contributed by atoms with Gasteiger partial charge in [0.05, 0.1) is 0 Å². The van der Waals surface area contributed by atoms with Gasteiger partial charge in [-0.3, -0.25) is 4.18 Å². The zero-order valence-corrected chi connectivity index (χ0v) is 8.82. The molecule has 0 bridgehead atoms. The Morgan fingerprint density at radius 1 is 1.62 bits per heavy atom. The summed E-state index contributed by atoms with van der Waals surface area (Å²) in [5.74, 6) is 0. The molecule has 4 nitrogen and oxygen atoms in total. The lowest BCUT2D eigenvalue weighted by atomic mass is 10.2. The Morgan fingerprint density at radius 3 is 2.85 bits per heavy atom. The second kappa shape index (κ2) is 4.19. The third kappa shape index (κ3) is 3.43. The van der Waals surface area contributed by atoms with Gasteiger partial charge in [-0.05, 0) is 23.4 Å². The highest BCUT2D eigenvalue weighted by molar-refractivity contribution is 7.84. The predicted molar refractivity (Wildman–Crippen MR) is 51.6 cm³/mol. The smallest absolute Gasteiger partial charge is 0.253 e. The van der Waals surface area contributed by atoms with Crippen LogP contribution in [0.25, 0.3) is 0 Å². The maximum absolute atomic E-state index is 10.5. The minimum atomic E-state index is -3.82. The third-order valence-electron chi connectivity index (χ3n) is 1.57. The van der Waals surface area contributed by atoms with Gasteiger partial charge >= 0.3 is 10.3 Å². The van der Waals surface area contributed by atoms with Gasteiger partial charge in [-0.25, -0.2) is 5.14 Å². The first-order valence-electron chi connectivity index (χ1n) is 3.75. The van der Waals surface area contributed by atoms with Crippen molar-refractivity contribution in [2.45, 2.75) is 20.0 Å². The highest BCUT2D eigenvalue weighted by atomic mass is 32.2. The number of hydrogen-bond donors (Lipinski definition) is 1. The van der Waals surface area contributed by atoms with E-state index in [1.807, 2.05) is 18.4 Å². The summed E-state index contributed by atoms with van der Waals surface area (Å²) in [4.78, 5) is 0.913. The molecule has 0 fully saturated rings. The summed E-state index contributed by atoms with van der Waals surface area (Å²) in [6.45, 7) is 2.04. The quantitative estimate of drug-likeness (QED) is 0.825. The molecule has 1 rings (SSSR count). The standard InChI is InChI=1S/C7H11NO3S2/c1-2-6-3-4-12-7(6)5-11-13(8,9)10/h3-4H,2,5H2,1H3,(H2,8,9,10). The molecular formula is C7H11NO3S2. The van der Waals surface area contributed by atoms with Gasteiger partial charge in [0.15, 0.2) is 0 Å². The van der Waals surface area contributed by atoms with Crippen LogP contribution in [0.2, 0.25) is 0 Å². The van der Waals surface area contributed by atoms with Crippen LogP contribution in [-0.4, -0.2) is 8.42 Å². The highest BCUT2D eigenvalue weighted by Gasteiger charge is 2.07. The largest absolute Gasteiger partial charge is 0.333 e. The summed E-state index contributed by atoms with van der Waals surface area (Å²) in [5, 5.41) is 6.60. The molecule has 2 N–H and O–H groups in total. The molecular weight excluding hydrogens is 210 g/mol. The van der Waals surface area contributed by atoms with Crippen LogP contribution >= 0.6 is 11.3 Å². The minimum absolute atomic E-state index is 0.0413. The Hall–Kier alpha value is -0.430. The van der Waals surface area contributed by atoms with Gasteiger partial charge in [-0.2, -0.15) is 8.42 Å². The third-order valence-corrected chi connectivity index (χ3v) is 2.96. The monoisotopic (exact) mass is 221 g/mol. The zero-order valence-electron chi connectivity index (χ0n) is 7.19. The minimum Gasteiger partial charge on any atom is -0.253 e. The molecule has 1 aromatic rings. The number of thiophene rings is 1. The second-order valence-corrected chi connectivity index (χ2v) is 4.70. The van der Waals surface area contributed by atoms with Crippen molar-refractivity contribution < 1.29 is 12.6 Å². The summed E-state index contributed by atoms with van der Waals surface area (Å²) >= 11 is 1.47. The summed E-state index contributed by atoms with van der Waals surface area (Å²) in [5.41, 5.74) is 1.11. The van der Waals surface area contributed by atoms with E-state index < -0.39 is 10.3 Å². The normalized spacial score (nSPS) is 11.8. The molecule has 0 saturated heterocycles. The lowest BCUT2D eigenvalue weighted by Gasteiger charge is -2.00. The van der Waals surface area contributed by atoms with Crippen LogP contribution in [0.15, 0.2) is 11.4 Å². The van der Waals surface area contributed by atoms with Gasteiger partial charge in [-0.15, -0.1) is 11.3 Å². The first kappa shape index (κ1) is 10.6. The molecule has 0 amide bonds. The Bertz CT molecular complexity index is 369. The lowest BCUT2D eigenvalue weighted by Crippen LogP contribution is -2.15. The van der Waals surface area contributed by atoms with Gasteiger partial charge in [0.25, 0.3) is 0 Å². The van der Waals surface area contributed by atoms with E-state index in [4.69, 9.17) is 5.14 Å². The van der Waals surface area contributed by atoms with Gasteiger partial charge in [0.1, 0.15) is 6.61 Å². The van der Waals surface area contributed by atoms with Crippen molar-refractivity contribution in [3.8, 4) is 0 Å². The Kier molecular flexibility index (Phi) is 3.43. The van der Waals surface area contributed by atoms with E-state index in [1.54, 1.807) is 0 Å². The Labute approximate surface area is 81.6 Å². The van der Waals surface area contributed by atoms with Crippen molar-refractivity contribution in [1.29, 1.82) is 0 Å². The first-order chi connectivity index (χ1) is 6.03. The van der Waals surface area contributed by atoms with E-state index in [-0.39, 0.29) is 6.61 Å². The molecule has 6 heteroatoms. The van der Waals surface area contributed by atoms with E-state index in [9.17, 15) is 8.42 Å². The van der Waals surface area contributed by atoms with Crippen LogP contribution in [0.3, 0.4) is 0 Å². The highest BCUT2D eigenvalue weighted by Crippen LogP contribution is 2.18. The predicted octanol–water partition coefficient (Wildman–Crippen LogP) is 1.03. The fraction of sp³-hybridized carbons (Fsp3) is 0.429. The molecule has 0 aliphatic carbocycles. The zero-order chi connectivity index (χ0) is 9.90. The van der Waals surface area contributed by atoms with Crippen molar-refractivity contribution in [1.82, 2.24) is 0 Å². The second-order valence-electron chi connectivity index (χ2n) is 2.48. The van der Waals surface area contributed by atoms with Crippen molar-refractivity contribution in [3.05, 3.63) is 21.9 Å². The van der Waals surface area contributed by atoms with Gasteiger partial charge < -0.3 is 0 Å². The van der Waals surface area contributed by atoms with E-state index in [2.05, 4.69) is 4.18 Å². The molecule has 0 atom stereocenters. The average Bonchev–Trinajstić information content (AvgIpc) is 2.46. The lowest BCUT2D eigenvalue weighted by molar-refractivity contribution is 0.311. The summed E-state index contributed by atoms with van der Waals surface area (Å²) < 4.78 is 25.4. The molecule has 0 spiro atoms. The molecule has 74 valence electrons. The van der Waals surface area contributed by atoms with E-state index in [0.29, 0.717) is 0 Å². The van der Waals surface area contributed by atoms with Crippen molar-refractivity contribution in [2.75, 3.05) is 0 Å². The number of rotatable bonds is 4. The van der Waals surface area contributed by atoms with Crippen LogP contribution in [0.4, 0.5) is 0 Å². The molecule has 0 aliphatic rings. The molecule has 1 heterocycles. The maximum atomic E-state index is 10.5. The van der Waals surface area contributed by atoms with Crippen molar-refractivity contribution in [2.24, 2.45) is 5.14 Å². The summed E-state index contributed by atoms with van der Waals surface area (Å²) in [7, 11) is -3.82. The molecule has 0 aromatic carbocycles. The average molecular weight is 221 g/mol. The Balaban J connectivity index is 2.64. The number of aryl methyl sites for hydroxylation is 1. The van der Waals surface area contributed by atoms with E-state index in [0.717, 1.165) is 16.9 Å². The van der Waals surface area contributed by atoms with E-state index in [1.165, 1.54) is 11.3 Å². The SMILES string of the molecule is CCc1ccsc1COS(N)(=O)=O. The topological polar surface area (TPSA) is 69.4 Å². The summed E-state index contributed by atoms with van der Waals surface area (Å²) in [6, 6.07) is 1.95. The van der Waals surface area contributed by atoms with Crippen LogP contribution < -0.4 is 5.14 Å². The Morgan fingerprint density at radius 2 is 2.31 bits per heavy atom.